The van der Waals surface area contributed by atoms with E-state index in [0.29, 0.717) is 20.9 Å². The van der Waals surface area contributed by atoms with Crippen LogP contribution in [0.5, 0.6) is 5.88 Å². The van der Waals surface area contributed by atoms with Gasteiger partial charge < -0.3 is 9.84 Å². The number of nitriles is 1. The first-order valence-electron chi connectivity index (χ1n) is 11.7. The van der Waals surface area contributed by atoms with Gasteiger partial charge in [-0.25, -0.2) is 0 Å². The number of amides is 1. The summed E-state index contributed by atoms with van der Waals surface area (Å²) in [5, 5.41) is 21.0. The molecule has 0 aliphatic carbocycles. The van der Waals surface area contributed by atoms with Crippen LogP contribution >= 0.6 is 35.6 Å². The monoisotopic (exact) mass is 557 g/mol. The number of Topliss-reactive ketones (excluding diaryl/α,β-unsaturated/α-hetero) is 1. The molecule has 0 spiro atoms. The van der Waals surface area contributed by atoms with Gasteiger partial charge in [0.1, 0.15) is 16.0 Å². The Morgan fingerprint density at radius 1 is 1.35 bits per heavy atom. The highest BCUT2D eigenvalue weighted by Gasteiger charge is 2.32. The number of thiocarbonyl (C=S) groups is 1. The zero-order chi connectivity index (χ0) is 26.7. The summed E-state index contributed by atoms with van der Waals surface area (Å²) < 4.78 is 7.01. The first-order valence-corrected chi connectivity index (χ1v) is 13.3. The van der Waals surface area contributed by atoms with Crippen molar-refractivity contribution in [3.8, 4) is 11.9 Å². The van der Waals surface area contributed by atoms with Crippen molar-refractivity contribution in [3.63, 3.8) is 0 Å². The second kappa shape index (κ2) is 11.6. The van der Waals surface area contributed by atoms with Gasteiger partial charge in [0.25, 0.3) is 11.5 Å². The van der Waals surface area contributed by atoms with Gasteiger partial charge in [-0.2, -0.15) is 5.26 Å². The van der Waals surface area contributed by atoms with Crippen LogP contribution in [0.1, 0.15) is 52.7 Å². The van der Waals surface area contributed by atoms with Crippen LogP contribution in [-0.4, -0.2) is 49.8 Å². The average molecular weight is 558 g/mol. The van der Waals surface area contributed by atoms with E-state index in [1.165, 1.54) is 23.6 Å². The van der Waals surface area contributed by atoms with Gasteiger partial charge >= 0.3 is 0 Å². The number of aromatic hydroxyl groups is 1. The second-order valence-electron chi connectivity index (χ2n) is 8.77. The maximum absolute atomic E-state index is 13.1. The summed E-state index contributed by atoms with van der Waals surface area (Å²) in [5.41, 5.74) is 0.0905. The van der Waals surface area contributed by atoms with Crippen LogP contribution in [0.2, 0.25) is 5.02 Å². The van der Waals surface area contributed by atoms with E-state index < -0.39 is 17.2 Å². The summed E-state index contributed by atoms with van der Waals surface area (Å²) in [6.07, 6.45) is 3.31. The molecule has 2 fully saturated rings. The normalized spacial score (nSPS) is 18.6. The number of benzene rings is 1. The first-order chi connectivity index (χ1) is 17.7. The molecular formula is C26H24ClN3O5S2. The molecule has 0 radical (unpaired) electrons. The van der Waals surface area contributed by atoms with Crippen molar-refractivity contribution >= 4 is 57.7 Å². The summed E-state index contributed by atoms with van der Waals surface area (Å²) in [6.45, 7) is 2.33. The van der Waals surface area contributed by atoms with E-state index in [4.69, 9.17) is 28.6 Å². The molecule has 1 unspecified atom stereocenters. The molecule has 37 heavy (non-hydrogen) atoms. The summed E-state index contributed by atoms with van der Waals surface area (Å²) in [4.78, 5) is 40.7. The Bertz CT molecular complexity index is 1390. The number of pyridine rings is 1. The SMILES string of the molecule is Cc1c(C(=O)CCCN2C(=O)/C(=C/c3ccc(Cl)cc3)SC2=S)c(O)n(CC2CCCO2)c(=O)c1C#N. The summed E-state index contributed by atoms with van der Waals surface area (Å²) in [6, 6.07) is 8.94. The number of nitrogens with zero attached hydrogens (tertiary/aromatic N) is 3. The van der Waals surface area contributed by atoms with Crippen molar-refractivity contribution in [1.29, 1.82) is 5.26 Å². The van der Waals surface area contributed by atoms with Gasteiger partial charge in [-0.05, 0) is 55.5 Å². The number of thioether (sulfide) groups is 1. The molecule has 2 aliphatic heterocycles. The van der Waals surface area contributed by atoms with Crippen molar-refractivity contribution in [2.75, 3.05) is 13.2 Å². The lowest BCUT2D eigenvalue weighted by Gasteiger charge is -2.18. The summed E-state index contributed by atoms with van der Waals surface area (Å²) in [7, 11) is 0. The molecule has 3 heterocycles. The molecule has 8 nitrogen and oxygen atoms in total. The van der Waals surface area contributed by atoms with Gasteiger partial charge in [0.2, 0.25) is 5.88 Å². The first kappa shape index (κ1) is 27.1. The van der Waals surface area contributed by atoms with Crippen molar-refractivity contribution in [3.05, 3.63) is 66.8 Å². The Labute approximate surface area is 228 Å². The molecule has 11 heteroatoms. The number of carbonyl (C=O) groups is 2. The van der Waals surface area contributed by atoms with Crippen LogP contribution in [0.3, 0.4) is 0 Å². The highest BCUT2D eigenvalue weighted by atomic mass is 35.5. The number of aromatic nitrogens is 1. The van der Waals surface area contributed by atoms with Crippen LogP contribution in [0.4, 0.5) is 0 Å². The fourth-order valence-corrected chi connectivity index (χ4v) is 5.81. The Morgan fingerprint density at radius 3 is 2.73 bits per heavy atom. The highest BCUT2D eigenvalue weighted by Crippen LogP contribution is 2.33. The minimum absolute atomic E-state index is 0.00923. The number of rotatable bonds is 8. The van der Waals surface area contributed by atoms with Crippen molar-refractivity contribution in [2.45, 2.75) is 45.3 Å². The molecular weight excluding hydrogens is 534 g/mol. The van der Waals surface area contributed by atoms with E-state index in [1.54, 1.807) is 30.3 Å². The Hall–Kier alpha value is -2.97. The molecule has 2 aliphatic rings. The lowest BCUT2D eigenvalue weighted by atomic mass is 9.99. The van der Waals surface area contributed by atoms with Crippen molar-refractivity contribution in [2.24, 2.45) is 0 Å². The molecule has 192 valence electrons. The fourth-order valence-electron chi connectivity index (χ4n) is 4.37. The average Bonchev–Trinajstić information content (AvgIpc) is 3.47. The molecule has 0 saturated carbocycles. The van der Waals surface area contributed by atoms with E-state index in [1.807, 2.05) is 6.07 Å². The maximum Gasteiger partial charge on any atom is 0.271 e. The van der Waals surface area contributed by atoms with Crippen LogP contribution in [-0.2, 0) is 16.1 Å². The molecule has 2 saturated heterocycles. The van der Waals surface area contributed by atoms with E-state index in [0.717, 1.165) is 23.0 Å². The number of hydrogen-bond acceptors (Lipinski definition) is 8. The third-order valence-corrected chi connectivity index (χ3v) is 7.95. The molecule has 1 amide bonds. The lowest BCUT2D eigenvalue weighted by molar-refractivity contribution is -0.122. The second-order valence-corrected chi connectivity index (χ2v) is 10.9. The predicted molar refractivity (Wildman–Crippen MR) is 146 cm³/mol. The molecule has 0 bridgehead atoms. The van der Waals surface area contributed by atoms with E-state index in [2.05, 4.69) is 0 Å². The smallest absolute Gasteiger partial charge is 0.271 e. The van der Waals surface area contributed by atoms with E-state index >= 15 is 0 Å². The molecule has 1 atom stereocenters. The minimum Gasteiger partial charge on any atom is -0.494 e. The summed E-state index contributed by atoms with van der Waals surface area (Å²) in [5.74, 6) is -1.12. The maximum atomic E-state index is 13.1. The van der Waals surface area contributed by atoms with Gasteiger partial charge in [-0.15, -0.1) is 0 Å². The molecule has 1 N–H and O–H groups in total. The Balaban J connectivity index is 1.47. The van der Waals surface area contributed by atoms with E-state index in [9.17, 15) is 24.8 Å². The van der Waals surface area contributed by atoms with E-state index in [-0.39, 0.29) is 54.6 Å². The molecule has 2 aromatic rings. The van der Waals surface area contributed by atoms with Gasteiger partial charge in [-0.3, -0.25) is 23.9 Å². The number of ketones is 1. The van der Waals surface area contributed by atoms with Crippen molar-refractivity contribution in [1.82, 2.24) is 9.47 Å². The lowest BCUT2D eigenvalue weighted by Crippen LogP contribution is -2.31. The molecule has 1 aromatic carbocycles. The van der Waals surface area contributed by atoms with Crippen molar-refractivity contribution < 1.29 is 19.4 Å². The Kier molecular flexibility index (Phi) is 8.49. The van der Waals surface area contributed by atoms with Gasteiger partial charge in [0.15, 0.2) is 5.78 Å². The van der Waals surface area contributed by atoms with Crippen LogP contribution in [0.15, 0.2) is 34.0 Å². The standard InChI is InChI=1S/C26H24ClN3O5S2/c1-15-19(13-28)23(32)30(14-18-4-3-11-35-18)25(34)22(15)20(31)5-2-10-29-24(33)21(37-26(29)36)12-16-6-8-17(27)9-7-16/h6-9,12,18,34H,2-5,10-11,14H2,1H3/b21-12-. The third kappa shape index (κ3) is 5.80. The van der Waals surface area contributed by atoms with Crippen LogP contribution < -0.4 is 5.56 Å². The number of carbonyl (C=O) groups excluding carboxylic acids is 2. The van der Waals surface area contributed by atoms with Gasteiger partial charge in [0, 0.05) is 24.6 Å². The quantitative estimate of drug-likeness (QED) is 0.288. The number of halogens is 1. The Morgan fingerprint density at radius 2 is 2.08 bits per heavy atom. The predicted octanol–water partition coefficient (Wildman–Crippen LogP) is 4.43. The zero-order valence-electron chi connectivity index (χ0n) is 20.0. The largest absolute Gasteiger partial charge is 0.494 e. The molecule has 1 aromatic heterocycles. The van der Waals surface area contributed by atoms with Crippen LogP contribution in [0.25, 0.3) is 6.08 Å². The topological polar surface area (TPSA) is 113 Å². The third-order valence-electron chi connectivity index (χ3n) is 6.32. The van der Waals surface area contributed by atoms with Crippen LogP contribution in [0, 0.1) is 18.3 Å². The highest BCUT2D eigenvalue weighted by molar-refractivity contribution is 8.26. The zero-order valence-corrected chi connectivity index (χ0v) is 22.4. The minimum atomic E-state index is -0.644. The van der Waals surface area contributed by atoms with Gasteiger partial charge in [0.05, 0.1) is 23.1 Å². The van der Waals surface area contributed by atoms with Gasteiger partial charge in [-0.1, -0.05) is 47.7 Å². The number of ether oxygens (including phenoxy) is 1. The fraction of sp³-hybridized carbons (Fsp3) is 0.346. The molecule has 4 rings (SSSR count). The summed E-state index contributed by atoms with van der Waals surface area (Å²) >= 11 is 12.5. The number of hydrogen-bond donors (Lipinski definition) is 1.